The summed E-state index contributed by atoms with van der Waals surface area (Å²) in [5, 5.41) is 2.86. The average Bonchev–Trinajstić information content (AvgIpc) is 3.06. The van der Waals surface area contributed by atoms with Gasteiger partial charge in [0.1, 0.15) is 0 Å². The number of methoxy groups -OCH3 is 1. The predicted octanol–water partition coefficient (Wildman–Crippen LogP) is 2.92. The van der Waals surface area contributed by atoms with E-state index in [4.69, 9.17) is 4.74 Å². The number of rotatable bonds is 4. The molecule has 1 aromatic heterocycles. The molecule has 0 bridgehead atoms. The van der Waals surface area contributed by atoms with Crippen molar-refractivity contribution in [2.45, 2.75) is 19.8 Å². The Kier molecular flexibility index (Phi) is 4.02. The van der Waals surface area contributed by atoms with Gasteiger partial charge in [0.2, 0.25) is 0 Å². The lowest BCUT2D eigenvalue weighted by Crippen LogP contribution is -2.05. The Bertz CT molecular complexity index is 802. The summed E-state index contributed by atoms with van der Waals surface area (Å²) in [6.07, 6.45) is 4.62. The Labute approximate surface area is 134 Å². The van der Waals surface area contributed by atoms with Crippen LogP contribution in [0.25, 0.3) is 11.6 Å². The minimum Gasteiger partial charge on any atom is -0.469 e. The number of anilines is 1. The molecule has 0 saturated carbocycles. The molecule has 2 heterocycles. The van der Waals surface area contributed by atoms with Crippen LogP contribution < -0.4 is 5.32 Å². The normalized spacial score (nSPS) is 14.7. The zero-order chi connectivity index (χ0) is 16.4. The Balaban J connectivity index is 1.94. The van der Waals surface area contributed by atoms with E-state index in [2.05, 4.69) is 10.3 Å². The van der Waals surface area contributed by atoms with Crippen LogP contribution in [0.4, 0.5) is 5.69 Å². The van der Waals surface area contributed by atoms with Crippen LogP contribution in [-0.2, 0) is 20.7 Å². The second-order valence-electron chi connectivity index (χ2n) is 5.50. The van der Waals surface area contributed by atoms with Crippen molar-refractivity contribution in [3.05, 3.63) is 52.8 Å². The fourth-order valence-electron chi connectivity index (χ4n) is 2.79. The third-order valence-electron chi connectivity index (χ3n) is 4.05. The fourth-order valence-corrected chi connectivity index (χ4v) is 2.79. The van der Waals surface area contributed by atoms with E-state index in [0.29, 0.717) is 18.4 Å². The van der Waals surface area contributed by atoms with Gasteiger partial charge in [0.15, 0.2) is 0 Å². The lowest BCUT2D eigenvalue weighted by atomic mass is 10.0. The molecule has 0 spiro atoms. The first-order valence-corrected chi connectivity index (χ1v) is 7.46. The largest absolute Gasteiger partial charge is 0.469 e. The molecule has 5 nitrogen and oxygen atoms in total. The Hall–Kier alpha value is -2.82. The van der Waals surface area contributed by atoms with E-state index in [1.54, 1.807) is 0 Å². The lowest BCUT2D eigenvalue weighted by molar-refractivity contribution is -0.140. The molecule has 0 atom stereocenters. The molecular weight excluding hydrogens is 292 g/mol. The van der Waals surface area contributed by atoms with Crippen LogP contribution >= 0.6 is 0 Å². The van der Waals surface area contributed by atoms with Gasteiger partial charge in [-0.1, -0.05) is 18.2 Å². The van der Waals surface area contributed by atoms with Crippen molar-refractivity contribution in [2.75, 3.05) is 12.4 Å². The number of fused-ring (bicyclic) bond motifs is 1. The number of amides is 1. The number of para-hydroxylation sites is 1. The number of aromatic nitrogens is 1. The summed E-state index contributed by atoms with van der Waals surface area (Å²) in [6.45, 7) is 1.98. The highest BCUT2D eigenvalue weighted by atomic mass is 16.5. The SMILES string of the molecule is COC(=O)CCc1c(C)c[nH]c1/C=C1/C(=O)Nc2ccccc21. The van der Waals surface area contributed by atoms with Crippen molar-refractivity contribution in [1.82, 2.24) is 4.98 Å². The number of nitrogens with one attached hydrogen (secondary N) is 2. The van der Waals surface area contributed by atoms with E-state index in [-0.39, 0.29) is 11.9 Å². The van der Waals surface area contributed by atoms with Crippen LogP contribution in [0.3, 0.4) is 0 Å². The summed E-state index contributed by atoms with van der Waals surface area (Å²) in [6, 6.07) is 7.60. The number of hydrogen-bond acceptors (Lipinski definition) is 3. The summed E-state index contributed by atoms with van der Waals surface area (Å²) < 4.78 is 4.70. The van der Waals surface area contributed by atoms with E-state index in [1.807, 2.05) is 43.5 Å². The molecule has 3 rings (SSSR count). The fraction of sp³-hybridized carbons (Fsp3) is 0.222. The number of carbonyl (C=O) groups is 2. The first kappa shape index (κ1) is 15.1. The molecule has 1 aliphatic rings. The second kappa shape index (κ2) is 6.12. The van der Waals surface area contributed by atoms with E-state index in [0.717, 1.165) is 28.1 Å². The molecule has 2 N–H and O–H groups in total. The van der Waals surface area contributed by atoms with Crippen molar-refractivity contribution in [2.24, 2.45) is 0 Å². The first-order valence-electron chi connectivity index (χ1n) is 7.46. The van der Waals surface area contributed by atoms with E-state index in [9.17, 15) is 9.59 Å². The van der Waals surface area contributed by atoms with Crippen LogP contribution in [0.1, 0.15) is 28.8 Å². The predicted molar refractivity (Wildman–Crippen MR) is 88.8 cm³/mol. The van der Waals surface area contributed by atoms with Gasteiger partial charge in [0, 0.05) is 29.6 Å². The smallest absolute Gasteiger partial charge is 0.305 e. The quantitative estimate of drug-likeness (QED) is 0.674. The maximum absolute atomic E-state index is 12.2. The third kappa shape index (κ3) is 2.90. The van der Waals surface area contributed by atoms with Crippen molar-refractivity contribution in [3.8, 4) is 0 Å². The molecule has 2 aromatic rings. The zero-order valence-corrected chi connectivity index (χ0v) is 13.1. The van der Waals surface area contributed by atoms with Gasteiger partial charge in [0.25, 0.3) is 5.91 Å². The van der Waals surface area contributed by atoms with Gasteiger partial charge in [0.05, 0.1) is 12.7 Å². The Morgan fingerprint density at radius 3 is 2.87 bits per heavy atom. The van der Waals surface area contributed by atoms with E-state index < -0.39 is 0 Å². The minimum absolute atomic E-state index is 0.114. The highest BCUT2D eigenvalue weighted by Crippen LogP contribution is 2.33. The minimum atomic E-state index is -0.242. The maximum atomic E-state index is 12.2. The first-order chi connectivity index (χ1) is 11.1. The Morgan fingerprint density at radius 2 is 2.09 bits per heavy atom. The van der Waals surface area contributed by atoms with Crippen LogP contribution in [0.5, 0.6) is 0 Å². The summed E-state index contributed by atoms with van der Waals surface area (Å²) >= 11 is 0. The molecule has 0 radical (unpaired) electrons. The number of carbonyl (C=O) groups excluding carboxylic acids is 2. The third-order valence-corrected chi connectivity index (χ3v) is 4.05. The monoisotopic (exact) mass is 310 g/mol. The van der Waals surface area contributed by atoms with Crippen molar-refractivity contribution < 1.29 is 14.3 Å². The average molecular weight is 310 g/mol. The Morgan fingerprint density at radius 1 is 1.30 bits per heavy atom. The van der Waals surface area contributed by atoms with Gasteiger partial charge in [-0.2, -0.15) is 0 Å². The summed E-state index contributed by atoms with van der Waals surface area (Å²) in [4.78, 5) is 26.8. The number of H-pyrrole nitrogens is 1. The van der Waals surface area contributed by atoms with Crippen LogP contribution in [0, 0.1) is 6.92 Å². The number of aryl methyl sites for hydroxylation is 1. The number of aromatic amines is 1. The highest BCUT2D eigenvalue weighted by Gasteiger charge is 2.24. The molecule has 0 aliphatic carbocycles. The topological polar surface area (TPSA) is 71.2 Å². The van der Waals surface area contributed by atoms with Gasteiger partial charge >= 0.3 is 5.97 Å². The molecule has 1 aliphatic heterocycles. The number of esters is 1. The van der Waals surface area contributed by atoms with Gasteiger partial charge < -0.3 is 15.0 Å². The zero-order valence-electron chi connectivity index (χ0n) is 13.1. The molecule has 5 heteroatoms. The molecule has 118 valence electrons. The number of ether oxygens (including phenoxy) is 1. The maximum Gasteiger partial charge on any atom is 0.305 e. The molecular formula is C18H18N2O3. The van der Waals surface area contributed by atoms with E-state index in [1.165, 1.54) is 7.11 Å². The van der Waals surface area contributed by atoms with Gasteiger partial charge in [-0.25, -0.2) is 0 Å². The molecule has 1 aromatic carbocycles. The molecule has 1 amide bonds. The van der Waals surface area contributed by atoms with Crippen molar-refractivity contribution in [1.29, 1.82) is 0 Å². The summed E-state index contributed by atoms with van der Waals surface area (Å²) in [5.41, 5.74) is 5.29. The molecule has 0 unspecified atom stereocenters. The summed E-state index contributed by atoms with van der Waals surface area (Å²) in [5.74, 6) is -0.356. The highest BCUT2D eigenvalue weighted by molar-refractivity contribution is 6.34. The second-order valence-corrected chi connectivity index (χ2v) is 5.50. The van der Waals surface area contributed by atoms with Gasteiger partial charge in [-0.3, -0.25) is 9.59 Å². The standard InChI is InChI=1S/C18H18N2O3/c1-11-10-19-16(12(11)7-8-17(21)23-2)9-14-13-5-3-4-6-15(13)20-18(14)22/h3-6,9-10,19H,7-8H2,1-2H3,(H,20,22)/b14-9+. The van der Waals surface area contributed by atoms with Crippen molar-refractivity contribution >= 4 is 29.2 Å². The van der Waals surface area contributed by atoms with Crippen molar-refractivity contribution in [3.63, 3.8) is 0 Å². The molecule has 23 heavy (non-hydrogen) atoms. The lowest BCUT2D eigenvalue weighted by Gasteiger charge is -2.03. The van der Waals surface area contributed by atoms with E-state index >= 15 is 0 Å². The number of benzene rings is 1. The van der Waals surface area contributed by atoms with Crippen LogP contribution in [0.15, 0.2) is 30.5 Å². The summed E-state index contributed by atoms with van der Waals surface area (Å²) in [7, 11) is 1.38. The van der Waals surface area contributed by atoms with Gasteiger partial charge in [-0.05, 0) is 36.6 Å². The van der Waals surface area contributed by atoms with Crippen LogP contribution in [-0.4, -0.2) is 24.0 Å². The number of hydrogen-bond donors (Lipinski definition) is 2. The van der Waals surface area contributed by atoms with Crippen LogP contribution in [0.2, 0.25) is 0 Å². The molecule has 0 fully saturated rings. The molecule has 0 saturated heterocycles. The van der Waals surface area contributed by atoms with Gasteiger partial charge in [-0.15, -0.1) is 0 Å².